The van der Waals surface area contributed by atoms with Crippen LogP contribution in [0.3, 0.4) is 0 Å². The Balaban J connectivity index is 1.91. The van der Waals surface area contributed by atoms with Gasteiger partial charge < -0.3 is 0 Å². The summed E-state index contributed by atoms with van der Waals surface area (Å²) in [6.45, 7) is 0. The van der Waals surface area contributed by atoms with Crippen molar-refractivity contribution in [2.24, 2.45) is 7.05 Å². The van der Waals surface area contributed by atoms with Crippen LogP contribution >= 0.6 is 0 Å². The van der Waals surface area contributed by atoms with Crippen molar-refractivity contribution < 1.29 is 4.79 Å². The molecule has 0 spiro atoms. The lowest BCUT2D eigenvalue weighted by Gasteiger charge is -2.28. The number of rotatable bonds is 4. The standard InChI is InChI=1S/C16H19N3O/c1-19-15(17-12-18-19)11-14(20)16(9-5-6-10-16)13-7-3-2-4-8-13/h2-4,7-8,12H,5-6,9-11H2,1H3. The molecule has 1 saturated carbocycles. The highest BCUT2D eigenvalue weighted by Gasteiger charge is 2.42. The first-order valence-electron chi connectivity index (χ1n) is 7.14. The number of carbonyl (C=O) groups excluding carboxylic acids is 1. The highest BCUT2D eigenvalue weighted by molar-refractivity contribution is 5.91. The second-order valence-corrected chi connectivity index (χ2v) is 5.56. The Labute approximate surface area is 118 Å². The van der Waals surface area contributed by atoms with E-state index in [1.54, 1.807) is 4.68 Å². The van der Waals surface area contributed by atoms with Crippen molar-refractivity contribution in [2.45, 2.75) is 37.5 Å². The summed E-state index contributed by atoms with van der Waals surface area (Å²) in [7, 11) is 1.83. The predicted molar refractivity (Wildman–Crippen MR) is 76.3 cm³/mol. The lowest BCUT2D eigenvalue weighted by molar-refractivity contribution is -0.124. The third kappa shape index (κ3) is 2.15. The second kappa shape index (κ2) is 5.19. The molecule has 0 unspecified atom stereocenters. The number of benzene rings is 1. The van der Waals surface area contributed by atoms with Crippen LogP contribution in [0.1, 0.15) is 37.1 Å². The molecule has 1 aliphatic carbocycles. The van der Waals surface area contributed by atoms with E-state index in [4.69, 9.17) is 0 Å². The van der Waals surface area contributed by atoms with E-state index in [9.17, 15) is 4.79 Å². The molecule has 0 aliphatic heterocycles. The van der Waals surface area contributed by atoms with Gasteiger partial charge in [0.05, 0.1) is 11.8 Å². The number of nitrogens with zero attached hydrogens (tertiary/aromatic N) is 3. The fraction of sp³-hybridized carbons (Fsp3) is 0.438. The Kier molecular flexibility index (Phi) is 3.38. The van der Waals surface area contributed by atoms with Gasteiger partial charge in [-0.3, -0.25) is 9.48 Å². The van der Waals surface area contributed by atoms with Crippen LogP contribution in [-0.2, 0) is 23.7 Å². The van der Waals surface area contributed by atoms with Gasteiger partial charge in [0, 0.05) is 7.05 Å². The van der Waals surface area contributed by atoms with Crippen molar-refractivity contribution in [3.8, 4) is 0 Å². The topological polar surface area (TPSA) is 47.8 Å². The molecule has 1 aromatic carbocycles. The van der Waals surface area contributed by atoms with Crippen molar-refractivity contribution in [1.82, 2.24) is 14.8 Å². The molecule has 3 rings (SSSR count). The first kappa shape index (κ1) is 13.0. The molecule has 0 bridgehead atoms. The van der Waals surface area contributed by atoms with Gasteiger partial charge in [0.15, 0.2) is 5.78 Å². The quantitative estimate of drug-likeness (QED) is 0.856. The Bertz CT molecular complexity index is 597. The molecule has 1 aliphatic rings. The van der Waals surface area contributed by atoms with Gasteiger partial charge in [0.1, 0.15) is 12.2 Å². The van der Waals surface area contributed by atoms with Gasteiger partial charge in [-0.2, -0.15) is 5.10 Å². The van der Waals surface area contributed by atoms with Crippen LogP contribution in [0.4, 0.5) is 0 Å². The summed E-state index contributed by atoms with van der Waals surface area (Å²) >= 11 is 0. The maximum atomic E-state index is 12.9. The third-order valence-electron chi connectivity index (χ3n) is 4.44. The SMILES string of the molecule is Cn1ncnc1CC(=O)C1(c2ccccc2)CCCC1. The van der Waals surface area contributed by atoms with Crippen LogP contribution in [0.15, 0.2) is 36.7 Å². The average Bonchev–Trinajstić information content (AvgIpc) is 3.11. The molecule has 1 fully saturated rings. The number of aryl methyl sites for hydroxylation is 1. The Morgan fingerprint density at radius 3 is 2.55 bits per heavy atom. The van der Waals surface area contributed by atoms with Gasteiger partial charge in [-0.1, -0.05) is 43.2 Å². The molecule has 0 N–H and O–H groups in total. The molecule has 1 heterocycles. The molecule has 0 saturated heterocycles. The Hall–Kier alpha value is -1.97. The number of ketones is 1. The van der Waals surface area contributed by atoms with E-state index in [1.165, 1.54) is 6.33 Å². The molecule has 1 aromatic heterocycles. The lowest BCUT2D eigenvalue weighted by Crippen LogP contribution is -2.34. The van der Waals surface area contributed by atoms with Crippen molar-refractivity contribution in [3.63, 3.8) is 0 Å². The summed E-state index contributed by atoms with van der Waals surface area (Å²) in [5.74, 6) is 1.02. The minimum atomic E-state index is -0.312. The lowest BCUT2D eigenvalue weighted by atomic mass is 9.74. The number of hydrogen-bond donors (Lipinski definition) is 0. The molecular weight excluding hydrogens is 250 g/mol. The minimum Gasteiger partial charge on any atom is -0.298 e. The largest absolute Gasteiger partial charge is 0.298 e. The van der Waals surface area contributed by atoms with Gasteiger partial charge in [-0.15, -0.1) is 0 Å². The first-order chi connectivity index (χ1) is 9.72. The van der Waals surface area contributed by atoms with Crippen LogP contribution in [0, 0.1) is 0 Å². The van der Waals surface area contributed by atoms with Crippen molar-refractivity contribution in [3.05, 3.63) is 48.0 Å². The van der Waals surface area contributed by atoms with E-state index >= 15 is 0 Å². The zero-order valence-corrected chi connectivity index (χ0v) is 11.7. The fourth-order valence-corrected chi connectivity index (χ4v) is 3.26. The fourth-order valence-electron chi connectivity index (χ4n) is 3.26. The number of hydrogen-bond acceptors (Lipinski definition) is 3. The zero-order valence-electron chi connectivity index (χ0n) is 11.7. The molecule has 20 heavy (non-hydrogen) atoms. The van der Waals surface area contributed by atoms with Crippen molar-refractivity contribution >= 4 is 5.78 Å². The zero-order chi connectivity index (χ0) is 14.0. The molecule has 104 valence electrons. The second-order valence-electron chi connectivity index (χ2n) is 5.56. The van der Waals surface area contributed by atoms with Crippen molar-refractivity contribution in [2.75, 3.05) is 0 Å². The van der Waals surface area contributed by atoms with Crippen molar-refractivity contribution in [1.29, 1.82) is 0 Å². The summed E-state index contributed by atoms with van der Waals surface area (Å²) in [6.07, 6.45) is 6.03. The van der Waals surface area contributed by atoms with Crippen LogP contribution < -0.4 is 0 Å². The monoisotopic (exact) mass is 269 g/mol. The molecule has 0 radical (unpaired) electrons. The van der Waals surface area contributed by atoms with E-state index < -0.39 is 0 Å². The number of carbonyl (C=O) groups is 1. The van der Waals surface area contributed by atoms with Crippen LogP contribution in [0.25, 0.3) is 0 Å². The average molecular weight is 269 g/mol. The van der Waals surface area contributed by atoms with Gasteiger partial charge in [0.2, 0.25) is 0 Å². The Morgan fingerprint density at radius 2 is 1.95 bits per heavy atom. The van der Waals surface area contributed by atoms with Crippen LogP contribution in [-0.4, -0.2) is 20.5 Å². The summed E-state index contributed by atoms with van der Waals surface area (Å²) in [4.78, 5) is 17.1. The van der Waals surface area contributed by atoms with E-state index in [0.29, 0.717) is 6.42 Å². The Morgan fingerprint density at radius 1 is 1.25 bits per heavy atom. The number of aromatic nitrogens is 3. The predicted octanol–water partition coefficient (Wildman–Crippen LogP) is 2.44. The van der Waals surface area contributed by atoms with Gasteiger partial charge in [-0.05, 0) is 18.4 Å². The molecule has 4 nitrogen and oxygen atoms in total. The molecule has 0 amide bonds. The maximum absolute atomic E-state index is 12.9. The van der Waals surface area contributed by atoms with E-state index in [0.717, 1.165) is 37.1 Å². The van der Waals surface area contributed by atoms with Crippen LogP contribution in [0.5, 0.6) is 0 Å². The molecule has 0 atom stereocenters. The minimum absolute atomic E-state index is 0.275. The third-order valence-corrected chi connectivity index (χ3v) is 4.44. The smallest absolute Gasteiger partial charge is 0.150 e. The summed E-state index contributed by atoms with van der Waals surface area (Å²) in [6, 6.07) is 10.2. The molecular formula is C16H19N3O. The first-order valence-corrected chi connectivity index (χ1v) is 7.14. The van der Waals surface area contributed by atoms with E-state index in [2.05, 4.69) is 22.2 Å². The van der Waals surface area contributed by atoms with Gasteiger partial charge in [0.25, 0.3) is 0 Å². The highest BCUT2D eigenvalue weighted by atomic mass is 16.1. The molecule has 4 heteroatoms. The molecule has 2 aromatic rings. The summed E-state index contributed by atoms with van der Waals surface area (Å²) in [5.41, 5.74) is 0.845. The normalized spacial score (nSPS) is 17.2. The summed E-state index contributed by atoms with van der Waals surface area (Å²) in [5, 5.41) is 4.05. The maximum Gasteiger partial charge on any atom is 0.150 e. The number of Topliss-reactive ketones (excluding diaryl/α,β-unsaturated/α-hetero) is 1. The van der Waals surface area contributed by atoms with Gasteiger partial charge >= 0.3 is 0 Å². The summed E-state index contributed by atoms with van der Waals surface area (Å²) < 4.78 is 1.69. The highest BCUT2D eigenvalue weighted by Crippen LogP contribution is 2.42. The van der Waals surface area contributed by atoms with E-state index in [1.807, 2.05) is 25.2 Å². The van der Waals surface area contributed by atoms with E-state index in [-0.39, 0.29) is 11.2 Å². The van der Waals surface area contributed by atoms with Gasteiger partial charge in [-0.25, -0.2) is 4.98 Å². The van der Waals surface area contributed by atoms with Crippen LogP contribution in [0.2, 0.25) is 0 Å².